The van der Waals surface area contributed by atoms with Crippen molar-refractivity contribution in [2.24, 2.45) is 0 Å². The molecular weight excluding hydrogens is 306 g/mol. The van der Waals surface area contributed by atoms with Crippen molar-refractivity contribution >= 4 is 33.2 Å². The van der Waals surface area contributed by atoms with Crippen LogP contribution in [0.2, 0.25) is 0 Å². The molecule has 1 aromatic carbocycles. The summed E-state index contributed by atoms with van der Waals surface area (Å²) < 4.78 is 22.7. The number of rotatable bonds is 4. The number of benzene rings is 1. The second-order valence-electron chi connectivity index (χ2n) is 5.72. The Balaban J connectivity index is 1.50. The van der Waals surface area contributed by atoms with Crippen molar-refractivity contribution in [1.29, 1.82) is 0 Å². The van der Waals surface area contributed by atoms with Gasteiger partial charge in [-0.1, -0.05) is 6.07 Å². The zero-order chi connectivity index (χ0) is 14.9. The van der Waals surface area contributed by atoms with Crippen LogP contribution in [0.1, 0.15) is 24.0 Å². The monoisotopic (exact) mass is 325 g/mol. The third kappa shape index (κ3) is 3.80. The first kappa shape index (κ1) is 14.9. The molecule has 0 unspecified atom stereocenters. The van der Waals surface area contributed by atoms with Gasteiger partial charge in [0.25, 0.3) is 0 Å². The average Bonchev–Trinajstić information content (AvgIpc) is 3.02. The zero-order valence-electron chi connectivity index (χ0n) is 11.8. The summed E-state index contributed by atoms with van der Waals surface area (Å²) in [5.41, 5.74) is 3.57. The van der Waals surface area contributed by atoms with E-state index >= 15 is 0 Å². The molecule has 1 aromatic rings. The Morgan fingerprint density at radius 2 is 2.10 bits per heavy atom. The highest BCUT2D eigenvalue weighted by Crippen LogP contribution is 2.26. The highest BCUT2D eigenvalue weighted by molar-refractivity contribution is 8.02. The molecule has 0 saturated carbocycles. The minimum absolute atomic E-state index is 0.0535. The summed E-state index contributed by atoms with van der Waals surface area (Å²) in [4.78, 5) is 11.9. The van der Waals surface area contributed by atoms with Crippen molar-refractivity contribution in [3.63, 3.8) is 0 Å². The van der Waals surface area contributed by atoms with Crippen LogP contribution in [0, 0.1) is 0 Å². The SMILES string of the molecule is O=C(CS[C@@H]1CCS(=O)(=O)C1)Nc1ccc2c(c1)CCC2. The first-order chi connectivity index (χ1) is 10.0. The molecule has 4 nitrogen and oxygen atoms in total. The van der Waals surface area contributed by atoms with Gasteiger partial charge in [0.2, 0.25) is 5.91 Å². The van der Waals surface area contributed by atoms with Gasteiger partial charge in [0.05, 0.1) is 17.3 Å². The Morgan fingerprint density at radius 3 is 2.86 bits per heavy atom. The fourth-order valence-corrected chi connectivity index (χ4v) is 6.38. The molecule has 1 saturated heterocycles. The van der Waals surface area contributed by atoms with Crippen LogP contribution in [0.25, 0.3) is 0 Å². The van der Waals surface area contributed by atoms with E-state index < -0.39 is 9.84 Å². The number of thioether (sulfide) groups is 1. The van der Waals surface area contributed by atoms with Crippen molar-refractivity contribution < 1.29 is 13.2 Å². The number of carbonyl (C=O) groups excluding carboxylic acids is 1. The van der Waals surface area contributed by atoms with Gasteiger partial charge in [-0.15, -0.1) is 11.8 Å². The van der Waals surface area contributed by atoms with E-state index in [9.17, 15) is 13.2 Å². The highest BCUT2D eigenvalue weighted by Gasteiger charge is 2.28. The van der Waals surface area contributed by atoms with Crippen molar-refractivity contribution in [2.45, 2.75) is 30.9 Å². The summed E-state index contributed by atoms with van der Waals surface area (Å²) in [5.74, 6) is 0.736. The number of anilines is 1. The minimum atomic E-state index is -2.86. The molecule has 1 heterocycles. The van der Waals surface area contributed by atoms with Gasteiger partial charge in [-0.3, -0.25) is 4.79 Å². The third-order valence-electron chi connectivity index (χ3n) is 4.02. The maximum Gasteiger partial charge on any atom is 0.234 e. The van der Waals surface area contributed by atoms with Crippen LogP contribution in [0.5, 0.6) is 0 Å². The second-order valence-corrected chi connectivity index (χ2v) is 9.24. The van der Waals surface area contributed by atoms with Gasteiger partial charge in [-0.2, -0.15) is 0 Å². The second kappa shape index (κ2) is 6.01. The molecule has 0 radical (unpaired) electrons. The van der Waals surface area contributed by atoms with Gasteiger partial charge in [0.1, 0.15) is 0 Å². The first-order valence-corrected chi connectivity index (χ1v) is 10.1. The molecule has 1 aliphatic heterocycles. The summed E-state index contributed by atoms with van der Waals surface area (Å²) >= 11 is 1.45. The highest BCUT2D eigenvalue weighted by atomic mass is 32.2. The topological polar surface area (TPSA) is 63.2 Å². The molecule has 6 heteroatoms. The number of fused-ring (bicyclic) bond motifs is 1. The summed E-state index contributed by atoms with van der Waals surface area (Å²) in [7, 11) is -2.86. The van der Waals surface area contributed by atoms with E-state index in [1.54, 1.807) is 0 Å². The summed E-state index contributed by atoms with van der Waals surface area (Å²) in [6.07, 6.45) is 4.08. The maximum atomic E-state index is 11.9. The molecule has 1 aliphatic carbocycles. The predicted octanol–water partition coefficient (Wildman–Crippen LogP) is 2.03. The van der Waals surface area contributed by atoms with Crippen LogP contribution in [-0.2, 0) is 27.5 Å². The zero-order valence-corrected chi connectivity index (χ0v) is 13.4. The third-order valence-corrected chi connectivity index (χ3v) is 7.30. The maximum absolute atomic E-state index is 11.9. The lowest BCUT2D eigenvalue weighted by Crippen LogP contribution is -2.17. The van der Waals surface area contributed by atoms with Crippen molar-refractivity contribution in [3.05, 3.63) is 29.3 Å². The van der Waals surface area contributed by atoms with E-state index in [4.69, 9.17) is 0 Å². The smallest absolute Gasteiger partial charge is 0.234 e. The molecule has 0 aromatic heterocycles. The van der Waals surface area contributed by atoms with E-state index in [1.165, 1.54) is 29.3 Å². The summed E-state index contributed by atoms with van der Waals surface area (Å²) in [6, 6.07) is 6.10. The fourth-order valence-electron chi connectivity index (χ4n) is 2.93. The van der Waals surface area contributed by atoms with Crippen molar-refractivity contribution in [1.82, 2.24) is 0 Å². The van der Waals surface area contributed by atoms with E-state index in [0.29, 0.717) is 12.2 Å². The number of hydrogen-bond donors (Lipinski definition) is 1. The molecule has 1 N–H and O–H groups in total. The van der Waals surface area contributed by atoms with E-state index in [1.807, 2.05) is 6.07 Å². The lowest BCUT2D eigenvalue weighted by atomic mass is 10.1. The molecule has 2 aliphatic rings. The fraction of sp³-hybridized carbons (Fsp3) is 0.533. The molecule has 1 amide bonds. The van der Waals surface area contributed by atoms with Gasteiger partial charge < -0.3 is 5.32 Å². The largest absolute Gasteiger partial charge is 0.325 e. The minimum Gasteiger partial charge on any atom is -0.325 e. The Hall–Kier alpha value is -1.01. The predicted molar refractivity (Wildman–Crippen MR) is 86.6 cm³/mol. The van der Waals surface area contributed by atoms with E-state index in [-0.39, 0.29) is 22.7 Å². The molecule has 3 rings (SSSR count). The van der Waals surface area contributed by atoms with Crippen LogP contribution < -0.4 is 5.32 Å². The van der Waals surface area contributed by atoms with E-state index in [2.05, 4.69) is 17.4 Å². The Labute approximate surface area is 129 Å². The average molecular weight is 325 g/mol. The molecule has 1 atom stereocenters. The molecule has 0 bridgehead atoms. The number of amides is 1. The standard InChI is InChI=1S/C15H19NO3S2/c17-15(9-20-14-6-7-21(18,19)10-14)16-13-5-4-11-2-1-3-12(11)8-13/h4-5,8,14H,1-3,6-7,9-10H2,(H,16,17)/t14-/m1/s1. The summed E-state index contributed by atoms with van der Waals surface area (Å²) in [5, 5.41) is 2.98. The Bertz CT molecular complexity index is 655. The van der Waals surface area contributed by atoms with Crippen molar-refractivity contribution in [2.75, 3.05) is 22.6 Å². The molecule has 1 fully saturated rings. The molecule has 21 heavy (non-hydrogen) atoms. The van der Waals surface area contributed by atoms with E-state index in [0.717, 1.165) is 18.5 Å². The lowest BCUT2D eigenvalue weighted by molar-refractivity contribution is -0.113. The van der Waals surface area contributed by atoms with Gasteiger partial charge in [0.15, 0.2) is 9.84 Å². The number of aryl methyl sites for hydroxylation is 2. The Morgan fingerprint density at radius 1 is 1.29 bits per heavy atom. The van der Waals surface area contributed by atoms with Crippen LogP contribution in [-0.4, -0.2) is 36.8 Å². The Kier molecular flexibility index (Phi) is 4.26. The lowest BCUT2D eigenvalue weighted by Gasteiger charge is -2.09. The number of hydrogen-bond acceptors (Lipinski definition) is 4. The van der Waals surface area contributed by atoms with Gasteiger partial charge in [0, 0.05) is 10.9 Å². The normalized spacial score (nSPS) is 23.0. The van der Waals surface area contributed by atoms with Gasteiger partial charge in [-0.25, -0.2) is 8.42 Å². The number of carbonyl (C=O) groups is 1. The number of nitrogens with one attached hydrogen (secondary N) is 1. The molecule has 0 spiro atoms. The quantitative estimate of drug-likeness (QED) is 0.920. The first-order valence-electron chi connectivity index (χ1n) is 7.25. The van der Waals surface area contributed by atoms with Crippen LogP contribution in [0.3, 0.4) is 0 Å². The van der Waals surface area contributed by atoms with Crippen LogP contribution in [0.4, 0.5) is 5.69 Å². The molecule has 114 valence electrons. The van der Waals surface area contributed by atoms with Crippen LogP contribution in [0.15, 0.2) is 18.2 Å². The van der Waals surface area contributed by atoms with Gasteiger partial charge in [-0.05, 0) is 48.9 Å². The number of sulfone groups is 1. The van der Waals surface area contributed by atoms with Crippen molar-refractivity contribution in [3.8, 4) is 0 Å². The molecular formula is C15H19NO3S2. The van der Waals surface area contributed by atoms with Crippen LogP contribution >= 0.6 is 11.8 Å². The van der Waals surface area contributed by atoms with Gasteiger partial charge >= 0.3 is 0 Å². The summed E-state index contributed by atoms with van der Waals surface area (Å²) in [6.45, 7) is 0.